The quantitative estimate of drug-likeness (QED) is 0.732. The van der Waals surface area contributed by atoms with E-state index in [0.29, 0.717) is 5.69 Å². The minimum atomic E-state index is -4.13. The zero-order chi connectivity index (χ0) is 11.5. The highest BCUT2D eigenvalue weighted by molar-refractivity contribution is 5.19. The van der Waals surface area contributed by atoms with Crippen LogP contribution in [0.3, 0.4) is 0 Å². The first-order chi connectivity index (χ1) is 6.92. The van der Waals surface area contributed by atoms with Crippen LogP contribution in [0.15, 0.2) is 18.3 Å². The van der Waals surface area contributed by atoms with E-state index in [1.807, 2.05) is 0 Å². The molecule has 6 heteroatoms. The molecule has 0 atom stereocenters. The van der Waals surface area contributed by atoms with Crippen molar-refractivity contribution in [3.8, 4) is 5.75 Å². The highest BCUT2D eigenvalue weighted by Crippen LogP contribution is 2.23. The van der Waals surface area contributed by atoms with Gasteiger partial charge in [0.2, 0.25) is 0 Å². The van der Waals surface area contributed by atoms with Gasteiger partial charge in [-0.1, -0.05) is 0 Å². The number of pyridine rings is 1. The van der Waals surface area contributed by atoms with Gasteiger partial charge in [-0.2, -0.15) is 8.78 Å². The predicted octanol–water partition coefficient (Wildman–Crippen LogP) is 2.67. The van der Waals surface area contributed by atoms with Gasteiger partial charge in [0.05, 0.1) is 6.20 Å². The van der Waals surface area contributed by atoms with Gasteiger partial charge in [0.1, 0.15) is 5.75 Å². The summed E-state index contributed by atoms with van der Waals surface area (Å²) < 4.78 is 52.8. The SMILES string of the molecule is Cc1ccc(OCC(F)(F)C(F)F)cn1. The highest BCUT2D eigenvalue weighted by Gasteiger charge is 2.41. The van der Waals surface area contributed by atoms with E-state index in [4.69, 9.17) is 0 Å². The van der Waals surface area contributed by atoms with Crippen LogP contribution in [0.4, 0.5) is 17.6 Å². The third kappa shape index (κ3) is 3.38. The smallest absolute Gasteiger partial charge is 0.340 e. The summed E-state index contributed by atoms with van der Waals surface area (Å²) in [7, 11) is 0. The van der Waals surface area contributed by atoms with E-state index in [9.17, 15) is 17.6 Å². The Morgan fingerprint density at radius 3 is 2.53 bits per heavy atom. The lowest BCUT2D eigenvalue weighted by Crippen LogP contribution is -2.33. The second-order valence-electron chi connectivity index (χ2n) is 2.99. The molecule has 0 aliphatic heterocycles. The summed E-state index contributed by atoms with van der Waals surface area (Å²) in [6.07, 6.45) is -2.52. The summed E-state index contributed by atoms with van der Waals surface area (Å²) in [5, 5.41) is 0. The normalized spacial score (nSPS) is 11.9. The molecule has 0 saturated carbocycles. The van der Waals surface area contributed by atoms with Crippen molar-refractivity contribution < 1.29 is 22.3 Å². The van der Waals surface area contributed by atoms with Gasteiger partial charge in [-0.15, -0.1) is 0 Å². The standard InChI is InChI=1S/C9H9F4NO/c1-6-2-3-7(4-14-6)15-5-9(12,13)8(10)11/h2-4,8H,5H2,1H3. The molecule has 1 rings (SSSR count). The van der Waals surface area contributed by atoms with Crippen LogP contribution in [0.5, 0.6) is 5.75 Å². The Bertz CT molecular complexity index is 312. The molecule has 0 aromatic carbocycles. The number of aryl methyl sites for hydroxylation is 1. The average Bonchev–Trinajstić information content (AvgIpc) is 2.17. The van der Waals surface area contributed by atoms with E-state index >= 15 is 0 Å². The molecule has 0 aliphatic carbocycles. The first-order valence-corrected chi connectivity index (χ1v) is 4.13. The largest absolute Gasteiger partial charge is 0.485 e. The van der Waals surface area contributed by atoms with Crippen molar-refractivity contribution in [1.29, 1.82) is 0 Å². The molecule has 0 unspecified atom stereocenters. The fourth-order valence-electron chi connectivity index (χ4n) is 0.782. The van der Waals surface area contributed by atoms with E-state index < -0.39 is 19.0 Å². The number of hydrogen-bond donors (Lipinski definition) is 0. The molecular weight excluding hydrogens is 214 g/mol. The van der Waals surface area contributed by atoms with E-state index in [-0.39, 0.29) is 5.75 Å². The first kappa shape index (κ1) is 11.7. The Balaban J connectivity index is 2.54. The Morgan fingerprint density at radius 1 is 1.40 bits per heavy atom. The molecule has 0 fully saturated rings. The predicted molar refractivity (Wildman–Crippen MR) is 45.4 cm³/mol. The van der Waals surface area contributed by atoms with E-state index in [1.54, 1.807) is 6.92 Å². The molecule has 84 valence electrons. The molecule has 0 bridgehead atoms. The van der Waals surface area contributed by atoms with Crippen LogP contribution in [0.1, 0.15) is 5.69 Å². The van der Waals surface area contributed by atoms with Crippen molar-refractivity contribution in [3.63, 3.8) is 0 Å². The Hall–Kier alpha value is -1.33. The maximum Gasteiger partial charge on any atom is 0.340 e. The Labute approximate surface area is 83.9 Å². The van der Waals surface area contributed by atoms with Gasteiger partial charge >= 0.3 is 12.3 Å². The molecule has 0 amide bonds. The summed E-state index contributed by atoms with van der Waals surface area (Å²) in [5.74, 6) is -4.09. The average molecular weight is 223 g/mol. The van der Waals surface area contributed by atoms with Crippen molar-refractivity contribution in [2.75, 3.05) is 6.61 Å². The number of rotatable bonds is 4. The molecule has 0 aliphatic rings. The molecule has 0 saturated heterocycles. The van der Waals surface area contributed by atoms with Crippen molar-refractivity contribution in [2.45, 2.75) is 19.3 Å². The minimum absolute atomic E-state index is 0.0425. The monoisotopic (exact) mass is 223 g/mol. The third-order valence-corrected chi connectivity index (χ3v) is 1.63. The van der Waals surface area contributed by atoms with E-state index in [2.05, 4.69) is 9.72 Å². The third-order valence-electron chi connectivity index (χ3n) is 1.63. The fraction of sp³-hybridized carbons (Fsp3) is 0.444. The van der Waals surface area contributed by atoms with E-state index in [0.717, 1.165) is 0 Å². The van der Waals surface area contributed by atoms with Crippen LogP contribution in [-0.4, -0.2) is 23.9 Å². The van der Waals surface area contributed by atoms with Gasteiger partial charge in [0.15, 0.2) is 6.61 Å². The Kier molecular flexibility index (Phi) is 3.49. The maximum atomic E-state index is 12.4. The lowest BCUT2D eigenvalue weighted by atomic mass is 10.3. The maximum absolute atomic E-state index is 12.4. The van der Waals surface area contributed by atoms with Gasteiger partial charge in [0.25, 0.3) is 0 Å². The molecule has 1 heterocycles. The molecule has 1 aromatic rings. The first-order valence-electron chi connectivity index (χ1n) is 4.13. The summed E-state index contributed by atoms with van der Waals surface area (Å²) in [6.45, 7) is 0.354. The van der Waals surface area contributed by atoms with Crippen molar-refractivity contribution in [2.24, 2.45) is 0 Å². The summed E-state index contributed by atoms with van der Waals surface area (Å²) >= 11 is 0. The fourth-order valence-corrected chi connectivity index (χ4v) is 0.782. The van der Waals surface area contributed by atoms with Crippen molar-refractivity contribution in [1.82, 2.24) is 4.98 Å². The van der Waals surface area contributed by atoms with Crippen LogP contribution >= 0.6 is 0 Å². The zero-order valence-corrected chi connectivity index (χ0v) is 7.88. The molecule has 1 aromatic heterocycles. The van der Waals surface area contributed by atoms with Crippen LogP contribution < -0.4 is 4.74 Å². The summed E-state index contributed by atoms with van der Waals surface area (Å²) in [4.78, 5) is 3.77. The van der Waals surface area contributed by atoms with Gasteiger partial charge in [-0.05, 0) is 19.1 Å². The topological polar surface area (TPSA) is 22.1 Å². The van der Waals surface area contributed by atoms with Gasteiger partial charge < -0.3 is 4.74 Å². The van der Waals surface area contributed by atoms with Gasteiger partial charge in [-0.3, -0.25) is 4.98 Å². The molecule has 2 nitrogen and oxygen atoms in total. The van der Waals surface area contributed by atoms with Crippen molar-refractivity contribution in [3.05, 3.63) is 24.0 Å². The lowest BCUT2D eigenvalue weighted by Gasteiger charge is -2.15. The summed E-state index contributed by atoms with van der Waals surface area (Å²) in [5.41, 5.74) is 0.683. The number of aromatic nitrogens is 1. The molecule has 15 heavy (non-hydrogen) atoms. The van der Waals surface area contributed by atoms with Crippen LogP contribution in [0.2, 0.25) is 0 Å². The lowest BCUT2D eigenvalue weighted by molar-refractivity contribution is -0.148. The highest BCUT2D eigenvalue weighted by atomic mass is 19.3. The second-order valence-corrected chi connectivity index (χ2v) is 2.99. The number of alkyl halides is 4. The number of hydrogen-bond acceptors (Lipinski definition) is 2. The summed E-state index contributed by atoms with van der Waals surface area (Å²) in [6, 6.07) is 2.93. The molecule has 0 spiro atoms. The minimum Gasteiger partial charge on any atom is -0.485 e. The second kappa shape index (κ2) is 4.46. The van der Waals surface area contributed by atoms with Gasteiger partial charge in [-0.25, -0.2) is 8.78 Å². The van der Waals surface area contributed by atoms with Crippen LogP contribution in [0, 0.1) is 6.92 Å². The van der Waals surface area contributed by atoms with Crippen LogP contribution in [-0.2, 0) is 0 Å². The van der Waals surface area contributed by atoms with Crippen molar-refractivity contribution >= 4 is 0 Å². The van der Waals surface area contributed by atoms with E-state index in [1.165, 1.54) is 18.3 Å². The van der Waals surface area contributed by atoms with Gasteiger partial charge in [0, 0.05) is 5.69 Å². The number of halogens is 4. The molecule has 0 N–H and O–H groups in total. The zero-order valence-electron chi connectivity index (χ0n) is 7.88. The van der Waals surface area contributed by atoms with Crippen LogP contribution in [0.25, 0.3) is 0 Å². The molecular formula is C9H9F4NO. The number of nitrogens with zero attached hydrogens (tertiary/aromatic N) is 1. The Morgan fingerprint density at radius 2 is 2.07 bits per heavy atom. The number of ether oxygens (including phenoxy) is 1. The molecule has 0 radical (unpaired) electrons.